The summed E-state index contributed by atoms with van der Waals surface area (Å²) in [5, 5.41) is 2.85. The summed E-state index contributed by atoms with van der Waals surface area (Å²) >= 11 is 0. The zero-order valence-electron chi connectivity index (χ0n) is 13.2. The summed E-state index contributed by atoms with van der Waals surface area (Å²) in [5.41, 5.74) is 1.70. The SMILES string of the molecule is CCOc1cc(C)ccc1NC(=O)C1COc2ccccc2O1. The second-order valence-electron chi connectivity index (χ2n) is 5.29. The van der Waals surface area contributed by atoms with Gasteiger partial charge in [-0.15, -0.1) is 0 Å². The maximum Gasteiger partial charge on any atom is 0.269 e. The van der Waals surface area contributed by atoms with E-state index in [1.165, 1.54) is 0 Å². The Labute approximate surface area is 135 Å². The van der Waals surface area contributed by atoms with Crippen LogP contribution in [-0.4, -0.2) is 25.2 Å². The summed E-state index contributed by atoms with van der Waals surface area (Å²) in [6.07, 6.45) is -0.694. The van der Waals surface area contributed by atoms with E-state index in [0.717, 1.165) is 5.56 Å². The van der Waals surface area contributed by atoms with Crippen molar-refractivity contribution in [2.75, 3.05) is 18.5 Å². The lowest BCUT2D eigenvalue weighted by atomic mass is 10.2. The van der Waals surface area contributed by atoms with Gasteiger partial charge in [-0.2, -0.15) is 0 Å². The van der Waals surface area contributed by atoms with Gasteiger partial charge in [0.25, 0.3) is 5.91 Å². The lowest BCUT2D eigenvalue weighted by Crippen LogP contribution is -2.40. The van der Waals surface area contributed by atoms with Crippen LogP contribution < -0.4 is 19.5 Å². The molecule has 0 saturated heterocycles. The van der Waals surface area contributed by atoms with Gasteiger partial charge < -0.3 is 19.5 Å². The number of amides is 1. The van der Waals surface area contributed by atoms with E-state index < -0.39 is 6.10 Å². The smallest absolute Gasteiger partial charge is 0.269 e. The molecule has 5 nitrogen and oxygen atoms in total. The van der Waals surface area contributed by atoms with Gasteiger partial charge in [-0.1, -0.05) is 18.2 Å². The van der Waals surface area contributed by atoms with Crippen molar-refractivity contribution in [3.63, 3.8) is 0 Å². The zero-order chi connectivity index (χ0) is 16.2. The van der Waals surface area contributed by atoms with Crippen molar-refractivity contribution < 1.29 is 19.0 Å². The number of hydrogen-bond acceptors (Lipinski definition) is 4. The average Bonchev–Trinajstić information content (AvgIpc) is 2.57. The number of nitrogens with one attached hydrogen (secondary N) is 1. The fourth-order valence-electron chi connectivity index (χ4n) is 2.37. The number of aryl methyl sites for hydroxylation is 1. The standard InChI is InChI=1S/C18H19NO4/c1-3-21-16-10-12(2)8-9-13(16)19-18(20)17-11-22-14-6-4-5-7-15(14)23-17/h4-10,17H,3,11H2,1-2H3,(H,19,20). The summed E-state index contributed by atoms with van der Waals surface area (Å²) in [6.45, 7) is 4.59. The minimum absolute atomic E-state index is 0.179. The molecular weight excluding hydrogens is 294 g/mol. The maximum absolute atomic E-state index is 12.4. The van der Waals surface area contributed by atoms with Crippen molar-refractivity contribution in [3.05, 3.63) is 48.0 Å². The van der Waals surface area contributed by atoms with E-state index in [4.69, 9.17) is 14.2 Å². The van der Waals surface area contributed by atoms with Crippen LogP contribution in [0.1, 0.15) is 12.5 Å². The van der Waals surface area contributed by atoms with Crippen molar-refractivity contribution in [3.8, 4) is 17.2 Å². The molecule has 0 radical (unpaired) electrons. The van der Waals surface area contributed by atoms with Gasteiger partial charge in [-0.3, -0.25) is 4.79 Å². The summed E-state index contributed by atoms with van der Waals surface area (Å²) in [7, 11) is 0. The van der Waals surface area contributed by atoms with E-state index in [9.17, 15) is 4.79 Å². The summed E-state index contributed by atoms with van der Waals surface area (Å²) in [4.78, 5) is 12.4. The second kappa shape index (κ2) is 6.60. The third-order valence-electron chi connectivity index (χ3n) is 3.50. The van der Waals surface area contributed by atoms with E-state index in [2.05, 4.69) is 5.32 Å². The molecule has 0 bridgehead atoms. The fourth-order valence-corrected chi connectivity index (χ4v) is 2.37. The number of fused-ring (bicyclic) bond motifs is 1. The second-order valence-corrected chi connectivity index (χ2v) is 5.29. The summed E-state index contributed by atoms with van der Waals surface area (Å²) in [5.74, 6) is 1.62. The van der Waals surface area contributed by atoms with Gasteiger partial charge in [-0.25, -0.2) is 0 Å². The first-order valence-corrected chi connectivity index (χ1v) is 7.60. The molecular formula is C18H19NO4. The summed E-state index contributed by atoms with van der Waals surface area (Å²) < 4.78 is 16.9. The highest BCUT2D eigenvalue weighted by molar-refractivity contribution is 5.96. The minimum atomic E-state index is -0.694. The molecule has 1 amide bonds. The number of rotatable bonds is 4. The molecule has 23 heavy (non-hydrogen) atoms. The van der Waals surface area contributed by atoms with Gasteiger partial charge in [0.1, 0.15) is 12.4 Å². The highest BCUT2D eigenvalue weighted by Gasteiger charge is 2.27. The number of carbonyl (C=O) groups is 1. The Morgan fingerprint density at radius 2 is 2.04 bits per heavy atom. The van der Waals surface area contributed by atoms with Gasteiger partial charge in [0.05, 0.1) is 12.3 Å². The predicted octanol–water partition coefficient (Wildman–Crippen LogP) is 3.17. The van der Waals surface area contributed by atoms with Crippen LogP contribution in [-0.2, 0) is 4.79 Å². The van der Waals surface area contributed by atoms with E-state index >= 15 is 0 Å². The Hall–Kier alpha value is -2.69. The van der Waals surface area contributed by atoms with E-state index in [-0.39, 0.29) is 12.5 Å². The number of para-hydroxylation sites is 2. The Kier molecular flexibility index (Phi) is 4.37. The van der Waals surface area contributed by atoms with Crippen molar-refractivity contribution in [2.24, 2.45) is 0 Å². The monoisotopic (exact) mass is 313 g/mol. The Balaban J connectivity index is 1.73. The van der Waals surface area contributed by atoms with E-state index in [0.29, 0.717) is 29.5 Å². The largest absolute Gasteiger partial charge is 0.492 e. The maximum atomic E-state index is 12.4. The molecule has 1 heterocycles. The minimum Gasteiger partial charge on any atom is -0.492 e. The highest BCUT2D eigenvalue weighted by Crippen LogP contribution is 2.32. The first-order chi connectivity index (χ1) is 11.2. The first-order valence-electron chi connectivity index (χ1n) is 7.60. The summed E-state index contributed by atoms with van der Waals surface area (Å²) in [6, 6.07) is 13.0. The van der Waals surface area contributed by atoms with Crippen molar-refractivity contribution in [2.45, 2.75) is 20.0 Å². The van der Waals surface area contributed by atoms with Crippen LogP contribution >= 0.6 is 0 Å². The molecule has 0 saturated carbocycles. The van der Waals surface area contributed by atoms with E-state index in [1.54, 1.807) is 6.07 Å². The molecule has 1 aliphatic heterocycles. The zero-order valence-corrected chi connectivity index (χ0v) is 13.2. The fraction of sp³-hybridized carbons (Fsp3) is 0.278. The van der Waals surface area contributed by atoms with Crippen LogP contribution in [0, 0.1) is 6.92 Å². The molecule has 1 aliphatic rings. The van der Waals surface area contributed by atoms with Crippen molar-refractivity contribution in [1.29, 1.82) is 0 Å². The highest BCUT2D eigenvalue weighted by atomic mass is 16.6. The van der Waals surface area contributed by atoms with Crippen LogP contribution in [0.4, 0.5) is 5.69 Å². The average molecular weight is 313 g/mol. The first kappa shape index (κ1) is 15.2. The number of anilines is 1. The molecule has 0 spiro atoms. The molecule has 0 aliphatic carbocycles. The third kappa shape index (κ3) is 3.39. The van der Waals surface area contributed by atoms with Crippen molar-refractivity contribution >= 4 is 11.6 Å². The van der Waals surface area contributed by atoms with Gasteiger partial charge >= 0.3 is 0 Å². The molecule has 2 aromatic carbocycles. The number of benzene rings is 2. The van der Waals surface area contributed by atoms with Gasteiger partial charge in [0, 0.05) is 0 Å². The molecule has 0 fully saturated rings. The van der Waals surface area contributed by atoms with Gasteiger partial charge in [-0.05, 0) is 43.7 Å². The third-order valence-corrected chi connectivity index (χ3v) is 3.50. The van der Waals surface area contributed by atoms with Crippen LogP contribution in [0.15, 0.2) is 42.5 Å². The number of ether oxygens (including phenoxy) is 3. The lowest BCUT2D eigenvalue weighted by molar-refractivity contribution is -0.125. The van der Waals surface area contributed by atoms with Crippen LogP contribution in [0.25, 0.3) is 0 Å². The quantitative estimate of drug-likeness (QED) is 0.942. The van der Waals surface area contributed by atoms with Crippen LogP contribution in [0.3, 0.4) is 0 Å². The van der Waals surface area contributed by atoms with E-state index in [1.807, 2.05) is 50.2 Å². The molecule has 120 valence electrons. The lowest BCUT2D eigenvalue weighted by Gasteiger charge is -2.25. The molecule has 0 aromatic heterocycles. The molecule has 1 N–H and O–H groups in total. The Morgan fingerprint density at radius 1 is 1.26 bits per heavy atom. The molecule has 1 unspecified atom stereocenters. The van der Waals surface area contributed by atoms with Crippen LogP contribution in [0.5, 0.6) is 17.2 Å². The van der Waals surface area contributed by atoms with Crippen molar-refractivity contribution in [1.82, 2.24) is 0 Å². The number of hydrogen-bond donors (Lipinski definition) is 1. The number of carbonyl (C=O) groups excluding carboxylic acids is 1. The predicted molar refractivity (Wildman–Crippen MR) is 87.3 cm³/mol. The molecule has 5 heteroatoms. The van der Waals surface area contributed by atoms with Crippen LogP contribution in [0.2, 0.25) is 0 Å². The molecule has 3 rings (SSSR count). The van der Waals surface area contributed by atoms with Gasteiger partial charge in [0.15, 0.2) is 11.5 Å². The van der Waals surface area contributed by atoms with Gasteiger partial charge in [0.2, 0.25) is 6.10 Å². The molecule has 1 atom stereocenters. The Bertz CT molecular complexity index is 714. The molecule has 2 aromatic rings. The topological polar surface area (TPSA) is 56.8 Å². The Morgan fingerprint density at radius 3 is 2.83 bits per heavy atom. The normalized spacial score (nSPS) is 15.8.